The Morgan fingerprint density at radius 1 is 1.21 bits per heavy atom. The van der Waals surface area contributed by atoms with Crippen molar-refractivity contribution in [3.8, 4) is 11.5 Å². The van der Waals surface area contributed by atoms with Crippen LogP contribution in [-0.4, -0.2) is 32.2 Å². The van der Waals surface area contributed by atoms with E-state index in [1.165, 1.54) is 30.3 Å². The second-order valence-corrected chi connectivity index (χ2v) is 7.99. The fraction of sp³-hybridized carbons (Fsp3) is 0.263. The first kappa shape index (κ1) is 19.8. The van der Waals surface area contributed by atoms with Crippen molar-refractivity contribution < 1.29 is 27.0 Å². The summed E-state index contributed by atoms with van der Waals surface area (Å²) in [6.07, 6.45) is 3.28. The molecule has 1 aliphatic rings. The summed E-state index contributed by atoms with van der Waals surface area (Å²) in [6, 6.07) is 10.3. The monoisotopic (exact) mass is 405 g/mol. The molecule has 8 nitrogen and oxygen atoms in total. The van der Waals surface area contributed by atoms with Gasteiger partial charge in [0.05, 0.1) is 15.9 Å². The highest BCUT2D eigenvalue weighted by Gasteiger charge is 2.38. The number of fused-ring (bicyclic) bond motifs is 1. The van der Waals surface area contributed by atoms with Crippen molar-refractivity contribution in [2.75, 3.05) is 13.2 Å². The molecule has 148 valence electrons. The summed E-state index contributed by atoms with van der Waals surface area (Å²) in [5.41, 5.74) is -0.479. The third kappa shape index (κ3) is 4.15. The number of hydrogen-bond acceptors (Lipinski definition) is 7. The van der Waals surface area contributed by atoms with Crippen molar-refractivity contribution in [1.82, 2.24) is 0 Å². The Bertz CT molecular complexity index is 1020. The van der Waals surface area contributed by atoms with Gasteiger partial charge >= 0.3 is 0 Å². The number of hydrogen-bond donors (Lipinski definition) is 0. The normalized spacial score (nSPS) is 18.9. The molecule has 0 spiro atoms. The van der Waals surface area contributed by atoms with Gasteiger partial charge in [0.15, 0.2) is 17.1 Å². The highest BCUT2D eigenvalue weighted by molar-refractivity contribution is 7.86. The van der Waals surface area contributed by atoms with Crippen LogP contribution in [0.15, 0.2) is 59.5 Å². The highest BCUT2D eigenvalue weighted by atomic mass is 32.2. The lowest BCUT2D eigenvalue weighted by Crippen LogP contribution is -2.47. The summed E-state index contributed by atoms with van der Waals surface area (Å²) in [6.45, 7) is 3.23. The Kier molecular flexibility index (Phi) is 5.39. The molecule has 0 saturated heterocycles. The zero-order valence-corrected chi connectivity index (χ0v) is 16.1. The van der Waals surface area contributed by atoms with Crippen LogP contribution in [0.3, 0.4) is 0 Å². The van der Waals surface area contributed by atoms with Gasteiger partial charge in [-0.25, -0.2) is 0 Å². The summed E-state index contributed by atoms with van der Waals surface area (Å²) in [7, 11) is -4.01. The van der Waals surface area contributed by atoms with Gasteiger partial charge in [-0.15, -0.1) is 0 Å². The van der Waals surface area contributed by atoms with E-state index in [0.29, 0.717) is 5.75 Å². The molecule has 0 radical (unpaired) electrons. The number of ether oxygens (including phenoxy) is 2. The number of allylic oxidation sites excluding steroid dienone is 1. The summed E-state index contributed by atoms with van der Waals surface area (Å²) in [4.78, 5) is 10.5. The third-order valence-electron chi connectivity index (χ3n) is 4.16. The van der Waals surface area contributed by atoms with Gasteiger partial charge in [0.2, 0.25) is 0 Å². The Labute approximate surface area is 162 Å². The van der Waals surface area contributed by atoms with Crippen molar-refractivity contribution in [2.45, 2.75) is 24.3 Å². The molecule has 2 aromatic rings. The van der Waals surface area contributed by atoms with Crippen LogP contribution in [-0.2, 0) is 14.3 Å². The molecular formula is C19H19NO7S. The lowest BCUT2D eigenvalue weighted by Gasteiger charge is -2.35. The summed E-state index contributed by atoms with van der Waals surface area (Å²) in [5.74, 6) is 0.488. The van der Waals surface area contributed by atoms with Gasteiger partial charge in [-0.1, -0.05) is 23.8 Å². The molecule has 0 fully saturated rings. The first-order valence-electron chi connectivity index (χ1n) is 8.45. The quantitative estimate of drug-likeness (QED) is 0.314. The number of aryl methyl sites for hydroxylation is 1. The first-order valence-corrected chi connectivity index (χ1v) is 9.86. The molecular weight excluding hydrogens is 386 g/mol. The van der Waals surface area contributed by atoms with Gasteiger partial charge in [0.25, 0.3) is 15.8 Å². The number of nitro benzene ring substituents is 1. The summed E-state index contributed by atoms with van der Waals surface area (Å²) >= 11 is 0. The first-order chi connectivity index (χ1) is 13.2. The van der Waals surface area contributed by atoms with Crippen molar-refractivity contribution >= 4 is 15.8 Å². The fourth-order valence-electron chi connectivity index (χ4n) is 2.71. The minimum atomic E-state index is -4.01. The third-order valence-corrected chi connectivity index (χ3v) is 5.44. The molecule has 0 bridgehead atoms. The van der Waals surface area contributed by atoms with E-state index < -0.39 is 20.6 Å². The zero-order valence-electron chi connectivity index (χ0n) is 15.3. The van der Waals surface area contributed by atoms with E-state index in [2.05, 4.69) is 0 Å². The predicted octanol–water partition coefficient (Wildman–Crippen LogP) is 3.39. The van der Waals surface area contributed by atoms with Crippen LogP contribution in [0.25, 0.3) is 0 Å². The van der Waals surface area contributed by atoms with Gasteiger partial charge in [-0.05, 0) is 38.1 Å². The molecule has 1 atom stereocenters. The molecule has 0 saturated carbocycles. The second-order valence-electron chi connectivity index (χ2n) is 6.37. The largest absolute Gasteiger partial charge is 0.485 e. The molecule has 2 aromatic carbocycles. The van der Waals surface area contributed by atoms with Gasteiger partial charge in [0.1, 0.15) is 13.2 Å². The molecule has 9 heteroatoms. The van der Waals surface area contributed by atoms with Crippen LogP contribution in [0.1, 0.15) is 12.5 Å². The predicted molar refractivity (Wildman–Crippen MR) is 101 cm³/mol. The van der Waals surface area contributed by atoms with Gasteiger partial charge in [-0.2, -0.15) is 8.42 Å². The molecule has 0 aromatic heterocycles. The average molecular weight is 405 g/mol. The minimum absolute atomic E-state index is 0.00836. The topological polar surface area (TPSA) is 105 Å². The number of benzene rings is 2. The van der Waals surface area contributed by atoms with Crippen LogP contribution in [0.2, 0.25) is 0 Å². The zero-order chi connectivity index (χ0) is 20.4. The lowest BCUT2D eigenvalue weighted by molar-refractivity contribution is -0.385. The van der Waals surface area contributed by atoms with E-state index >= 15 is 0 Å². The number of nitro groups is 1. The van der Waals surface area contributed by atoms with Crippen LogP contribution < -0.4 is 9.47 Å². The van der Waals surface area contributed by atoms with E-state index in [0.717, 1.165) is 5.56 Å². The Hall–Kier alpha value is -2.91. The van der Waals surface area contributed by atoms with Crippen molar-refractivity contribution in [3.05, 3.63) is 70.3 Å². The van der Waals surface area contributed by atoms with Gasteiger partial charge < -0.3 is 9.47 Å². The number of non-ortho nitro benzene ring substituents is 1. The van der Waals surface area contributed by atoms with Crippen LogP contribution in [0, 0.1) is 17.0 Å². The molecule has 0 amide bonds. The highest BCUT2D eigenvalue weighted by Crippen LogP contribution is 2.38. The van der Waals surface area contributed by atoms with Crippen LogP contribution in [0.4, 0.5) is 5.69 Å². The lowest BCUT2D eigenvalue weighted by atomic mass is 10.0. The van der Waals surface area contributed by atoms with E-state index in [1.54, 1.807) is 31.2 Å². The molecule has 1 aliphatic heterocycles. The standard InChI is InChI=1S/C19H19NO7S/c1-3-10-19(13-26-28(23,24)16-7-4-14(2)5-8-16)12-25-17-9-6-15(20(21)22)11-18(17)27-19/h3-11H,12-13H2,1-2H3/t19-/m1/s1. The van der Waals surface area contributed by atoms with Crippen LogP contribution in [0.5, 0.6) is 11.5 Å². The van der Waals surface area contributed by atoms with Crippen molar-refractivity contribution in [3.63, 3.8) is 0 Å². The van der Waals surface area contributed by atoms with E-state index in [-0.39, 0.29) is 29.5 Å². The minimum Gasteiger partial charge on any atom is -0.485 e. The van der Waals surface area contributed by atoms with E-state index in [4.69, 9.17) is 13.7 Å². The van der Waals surface area contributed by atoms with E-state index in [1.807, 2.05) is 6.92 Å². The maximum atomic E-state index is 12.5. The van der Waals surface area contributed by atoms with E-state index in [9.17, 15) is 18.5 Å². The van der Waals surface area contributed by atoms with Gasteiger partial charge in [-0.3, -0.25) is 14.3 Å². The average Bonchev–Trinajstić information content (AvgIpc) is 2.66. The summed E-state index contributed by atoms with van der Waals surface area (Å²) < 4.78 is 41.7. The molecule has 28 heavy (non-hydrogen) atoms. The van der Waals surface area contributed by atoms with Crippen LogP contribution >= 0.6 is 0 Å². The Morgan fingerprint density at radius 3 is 2.57 bits per heavy atom. The van der Waals surface area contributed by atoms with Crippen molar-refractivity contribution in [1.29, 1.82) is 0 Å². The molecule has 0 unspecified atom stereocenters. The maximum Gasteiger partial charge on any atom is 0.297 e. The van der Waals surface area contributed by atoms with Gasteiger partial charge in [0, 0.05) is 6.07 Å². The SMILES string of the molecule is CC=C[C@]1(COS(=O)(=O)c2ccc(C)cc2)COc2ccc([N+](=O)[O-])cc2O1. The molecule has 0 aliphatic carbocycles. The molecule has 1 heterocycles. The van der Waals surface area contributed by atoms with Crippen molar-refractivity contribution in [2.24, 2.45) is 0 Å². The smallest absolute Gasteiger partial charge is 0.297 e. The Morgan fingerprint density at radius 2 is 1.93 bits per heavy atom. The maximum absolute atomic E-state index is 12.5. The Balaban J connectivity index is 1.84. The summed E-state index contributed by atoms with van der Waals surface area (Å²) in [5, 5.41) is 11.0. The number of rotatable bonds is 6. The fourth-order valence-corrected chi connectivity index (χ4v) is 3.67. The molecule has 3 rings (SSSR count). The molecule has 0 N–H and O–H groups in total. The second kappa shape index (κ2) is 7.61. The number of nitrogens with zero attached hydrogens (tertiary/aromatic N) is 1.